The van der Waals surface area contributed by atoms with Gasteiger partial charge < -0.3 is 19.6 Å². The number of carboxylic acids is 1. The van der Waals surface area contributed by atoms with Crippen LogP contribution < -0.4 is 9.47 Å². The van der Waals surface area contributed by atoms with Crippen LogP contribution in [-0.4, -0.2) is 48.7 Å². The number of nitrogens with zero attached hydrogens (tertiary/aromatic N) is 2. The van der Waals surface area contributed by atoms with Gasteiger partial charge >= 0.3 is 16.1 Å². The van der Waals surface area contributed by atoms with Crippen LogP contribution in [0.25, 0.3) is 11.0 Å². The van der Waals surface area contributed by atoms with Crippen molar-refractivity contribution in [1.82, 2.24) is 15.0 Å². The van der Waals surface area contributed by atoms with Gasteiger partial charge in [0.25, 0.3) is 5.16 Å². The Morgan fingerprint density at radius 3 is 2.64 bits per heavy atom. The lowest BCUT2D eigenvalue weighted by molar-refractivity contribution is 0.0692. The molecule has 28 heavy (non-hydrogen) atoms. The minimum Gasteiger partial charge on any atom is -0.497 e. The van der Waals surface area contributed by atoms with E-state index in [1.54, 1.807) is 25.1 Å². The number of methoxy groups -OCH3 is 2. The Morgan fingerprint density at radius 2 is 2.00 bits per heavy atom. The first kappa shape index (κ1) is 19.6. The lowest BCUT2D eigenvalue weighted by Gasteiger charge is -2.12. The molecular weight excluding hydrogens is 390 g/mol. The molecule has 0 fully saturated rings. The Morgan fingerprint density at radius 1 is 1.25 bits per heavy atom. The number of H-pyrrole nitrogens is 1. The highest BCUT2D eigenvalue weighted by molar-refractivity contribution is 7.86. The van der Waals surface area contributed by atoms with Gasteiger partial charge in [-0.15, -0.1) is 0 Å². The molecule has 10 nitrogen and oxygen atoms in total. The van der Waals surface area contributed by atoms with Gasteiger partial charge in [-0.1, -0.05) is 0 Å². The molecule has 0 bridgehead atoms. The first-order valence-electron chi connectivity index (χ1n) is 7.95. The molecular formula is C17H17N3O7S. The van der Waals surface area contributed by atoms with Gasteiger partial charge in [0.1, 0.15) is 23.7 Å². The van der Waals surface area contributed by atoms with Crippen LogP contribution in [0.3, 0.4) is 0 Å². The van der Waals surface area contributed by atoms with E-state index in [0.29, 0.717) is 22.3 Å². The largest absolute Gasteiger partial charge is 0.497 e. The molecule has 0 unspecified atom stereocenters. The summed E-state index contributed by atoms with van der Waals surface area (Å²) in [6, 6.07) is 4.89. The third kappa shape index (κ3) is 3.62. The first-order chi connectivity index (χ1) is 13.3. The van der Waals surface area contributed by atoms with E-state index in [-0.39, 0.29) is 22.2 Å². The van der Waals surface area contributed by atoms with E-state index in [0.717, 1.165) is 6.20 Å². The third-order valence-electron chi connectivity index (χ3n) is 4.06. The topological polar surface area (TPSA) is 141 Å². The average molecular weight is 407 g/mol. The zero-order chi connectivity index (χ0) is 20.5. The van der Waals surface area contributed by atoms with Crippen LogP contribution in [0.1, 0.15) is 21.6 Å². The van der Waals surface area contributed by atoms with Crippen molar-refractivity contribution in [1.29, 1.82) is 0 Å². The second kappa shape index (κ2) is 7.44. The highest BCUT2D eigenvalue weighted by Crippen LogP contribution is 2.26. The minimum absolute atomic E-state index is 0.0920. The highest BCUT2D eigenvalue weighted by Gasteiger charge is 2.23. The monoisotopic (exact) mass is 407 g/mol. The van der Waals surface area contributed by atoms with Gasteiger partial charge in [0.05, 0.1) is 30.9 Å². The lowest BCUT2D eigenvalue weighted by Crippen LogP contribution is -2.11. The number of nitrogens with one attached hydrogen (secondary N) is 1. The molecule has 0 spiro atoms. The van der Waals surface area contributed by atoms with Crippen molar-refractivity contribution in [2.24, 2.45) is 0 Å². The number of aromatic nitrogens is 3. The van der Waals surface area contributed by atoms with E-state index >= 15 is 0 Å². The number of benzene rings is 1. The highest BCUT2D eigenvalue weighted by atomic mass is 32.2. The maximum absolute atomic E-state index is 12.5. The fourth-order valence-electron chi connectivity index (χ4n) is 2.59. The van der Waals surface area contributed by atoms with Gasteiger partial charge in [-0.05, 0) is 19.1 Å². The second-order valence-electron chi connectivity index (χ2n) is 5.72. The number of aromatic carboxylic acids is 1. The summed E-state index contributed by atoms with van der Waals surface area (Å²) in [7, 11) is -1.39. The summed E-state index contributed by atoms with van der Waals surface area (Å²) >= 11 is 0. The fraction of sp³-hybridized carbons (Fsp3) is 0.235. The van der Waals surface area contributed by atoms with Gasteiger partial charge in [-0.2, -0.15) is 8.42 Å². The van der Waals surface area contributed by atoms with Gasteiger partial charge in [0, 0.05) is 17.8 Å². The van der Waals surface area contributed by atoms with E-state index in [2.05, 4.69) is 15.0 Å². The van der Waals surface area contributed by atoms with E-state index < -0.39 is 22.7 Å². The quantitative estimate of drug-likeness (QED) is 0.562. The molecule has 0 amide bonds. The molecule has 0 aliphatic rings. The molecule has 148 valence electrons. The van der Waals surface area contributed by atoms with Crippen LogP contribution in [0.4, 0.5) is 0 Å². The molecule has 0 atom stereocenters. The summed E-state index contributed by atoms with van der Waals surface area (Å²) in [5.74, 6) is -0.564. The number of hydrogen-bond donors (Lipinski definition) is 2. The minimum atomic E-state index is -4.21. The Kier molecular flexibility index (Phi) is 5.21. The summed E-state index contributed by atoms with van der Waals surface area (Å²) in [6.07, 6.45) is 1.09. The number of carboxylic acid groups (broad SMARTS) is 1. The predicted octanol–water partition coefficient (Wildman–Crippen LogP) is 1.89. The van der Waals surface area contributed by atoms with Crippen molar-refractivity contribution in [3.63, 3.8) is 0 Å². The summed E-state index contributed by atoms with van der Waals surface area (Å²) in [5.41, 5.74) is 1.38. The molecule has 2 heterocycles. The molecule has 0 radical (unpaired) electrons. The average Bonchev–Trinajstić information content (AvgIpc) is 3.10. The molecule has 0 saturated carbocycles. The molecule has 0 saturated heterocycles. The van der Waals surface area contributed by atoms with Crippen LogP contribution in [0.2, 0.25) is 0 Å². The van der Waals surface area contributed by atoms with Crippen molar-refractivity contribution < 1.29 is 32.0 Å². The molecule has 0 aliphatic carbocycles. The van der Waals surface area contributed by atoms with Gasteiger partial charge in [-0.25, -0.2) is 9.78 Å². The summed E-state index contributed by atoms with van der Waals surface area (Å²) < 4.78 is 40.2. The van der Waals surface area contributed by atoms with Crippen molar-refractivity contribution in [2.75, 3.05) is 14.2 Å². The van der Waals surface area contributed by atoms with Gasteiger partial charge in [0.2, 0.25) is 0 Å². The Labute approximate surface area is 160 Å². The number of rotatable bonds is 7. The molecule has 3 aromatic rings. The predicted molar refractivity (Wildman–Crippen MR) is 97.1 cm³/mol. The van der Waals surface area contributed by atoms with Crippen LogP contribution in [-0.2, 0) is 20.9 Å². The van der Waals surface area contributed by atoms with E-state index in [9.17, 15) is 13.2 Å². The zero-order valence-electron chi connectivity index (χ0n) is 15.2. The van der Waals surface area contributed by atoms with Crippen LogP contribution in [0.5, 0.6) is 11.5 Å². The molecule has 1 aromatic carbocycles. The third-order valence-corrected chi connectivity index (χ3v) is 5.15. The maximum Gasteiger partial charge on any atom is 0.341 e. The van der Waals surface area contributed by atoms with Crippen molar-refractivity contribution in [3.05, 3.63) is 41.2 Å². The molecule has 2 aromatic heterocycles. The van der Waals surface area contributed by atoms with Crippen molar-refractivity contribution >= 4 is 27.1 Å². The van der Waals surface area contributed by atoms with Crippen LogP contribution >= 0.6 is 0 Å². The summed E-state index contributed by atoms with van der Waals surface area (Å²) in [4.78, 5) is 21.9. The number of ether oxygens (including phenoxy) is 2. The number of imidazole rings is 1. The van der Waals surface area contributed by atoms with Crippen LogP contribution in [0, 0.1) is 6.92 Å². The zero-order valence-corrected chi connectivity index (χ0v) is 16.0. The van der Waals surface area contributed by atoms with Crippen molar-refractivity contribution in [2.45, 2.75) is 18.7 Å². The standard InChI is InChI=1S/C17H17N3O7S/c1-9-14(18-7-11(16(21)22)15(9)26-3)8-27-28(23,24)17-19-12-5-4-10(25-2)6-13(12)20-17/h4-7H,8H2,1-3H3,(H,19,20)(H,21,22). The van der Waals surface area contributed by atoms with E-state index in [1.807, 2.05) is 0 Å². The number of fused-ring (bicyclic) bond motifs is 1. The molecule has 3 rings (SSSR count). The van der Waals surface area contributed by atoms with Crippen LogP contribution in [0.15, 0.2) is 29.6 Å². The smallest absolute Gasteiger partial charge is 0.341 e. The van der Waals surface area contributed by atoms with Gasteiger partial charge in [-0.3, -0.25) is 9.17 Å². The number of hydrogen-bond acceptors (Lipinski definition) is 8. The van der Waals surface area contributed by atoms with E-state index in [1.165, 1.54) is 14.2 Å². The molecule has 11 heteroatoms. The summed E-state index contributed by atoms with van der Waals surface area (Å²) in [6.45, 7) is 1.15. The number of carbonyl (C=O) groups is 1. The van der Waals surface area contributed by atoms with Crippen molar-refractivity contribution in [3.8, 4) is 11.5 Å². The van der Waals surface area contributed by atoms with E-state index in [4.69, 9.17) is 18.8 Å². The Balaban J connectivity index is 1.87. The number of aromatic amines is 1. The molecule has 0 aliphatic heterocycles. The first-order valence-corrected chi connectivity index (χ1v) is 9.36. The maximum atomic E-state index is 12.5. The number of pyridine rings is 1. The Hall–Kier alpha value is -3.18. The lowest BCUT2D eigenvalue weighted by atomic mass is 10.1. The Bertz CT molecular complexity index is 1160. The second-order valence-corrected chi connectivity index (χ2v) is 7.25. The fourth-order valence-corrected chi connectivity index (χ4v) is 3.42. The summed E-state index contributed by atoms with van der Waals surface area (Å²) in [5, 5.41) is 8.80. The normalized spacial score (nSPS) is 11.5. The van der Waals surface area contributed by atoms with Gasteiger partial charge in [0.15, 0.2) is 0 Å². The SMILES string of the molecule is COc1ccc2nc(S(=O)(=O)OCc3ncc(C(=O)O)c(OC)c3C)[nH]c2c1. The molecule has 2 N–H and O–H groups in total.